The standard InChI is InChI=1S/C25H21NO5/c1-15-8-11-21(27)20(12-15)26-23(28)14-30-18-9-10-19-22(13-18)31-16(2)24(25(19)29)17-6-4-3-5-7-17/h3-13,27H,14H2,1-2H3,(H,26,28). The van der Waals surface area contributed by atoms with Gasteiger partial charge in [0.05, 0.1) is 16.6 Å². The molecule has 0 unspecified atom stereocenters. The minimum absolute atomic E-state index is 0.0175. The maximum atomic E-state index is 13.0. The fourth-order valence-corrected chi connectivity index (χ4v) is 3.40. The highest BCUT2D eigenvalue weighted by Gasteiger charge is 2.14. The second-order valence-corrected chi connectivity index (χ2v) is 7.24. The molecule has 0 saturated heterocycles. The molecule has 4 aromatic rings. The van der Waals surface area contributed by atoms with Crippen molar-refractivity contribution in [2.75, 3.05) is 11.9 Å². The summed E-state index contributed by atoms with van der Waals surface area (Å²) in [5, 5.41) is 12.9. The van der Waals surface area contributed by atoms with Crippen molar-refractivity contribution in [3.8, 4) is 22.6 Å². The molecule has 1 aromatic heterocycles. The summed E-state index contributed by atoms with van der Waals surface area (Å²) in [4.78, 5) is 25.2. The molecule has 0 aliphatic rings. The summed E-state index contributed by atoms with van der Waals surface area (Å²) in [5.41, 5.74) is 2.82. The van der Waals surface area contributed by atoms with E-state index in [9.17, 15) is 14.7 Å². The summed E-state index contributed by atoms with van der Waals surface area (Å²) in [7, 11) is 0. The van der Waals surface area contributed by atoms with E-state index >= 15 is 0 Å². The van der Waals surface area contributed by atoms with Gasteiger partial charge in [0.15, 0.2) is 6.61 Å². The molecule has 0 atom stereocenters. The van der Waals surface area contributed by atoms with Crippen LogP contribution in [0.4, 0.5) is 5.69 Å². The van der Waals surface area contributed by atoms with Crippen LogP contribution >= 0.6 is 0 Å². The Balaban J connectivity index is 1.54. The van der Waals surface area contributed by atoms with Gasteiger partial charge < -0.3 is 19.6 Å². The number of hydrogen-bond acceptors (Lipinski definition) is 5. The van der Waals surface area contributed by atoms with Crippen molar-refractivity contribution in [1.82, 2.24) is 0 Å². The van der Waals surface area contributed by atoms with E-state index in [-0.39, 0.29) is 17.8 Å². The molecule has 3 aromatic carbocycles. The fourth-order valence-electron chi connectivity index (χ4n) is 3.40. The van der Waals surface area contributed by atoms with Crippen molar-refractivity contribution in [3.05, 3.63) is 88.3 Å². The SMILES string of the molecule is Cc1ccc(O)c(NC(=O)COc2ccc3c(=O)c(-c4ccccc4)c(C)oc3c2)c1. The number of phenolic OH excluding ortho intramolecular Hbond substituents is 1. The number of hydrogen-bond donors (Lipinski definition) is 2. The zero-order chi connectivity index (χ0) is 22.0. The number of nitrogens with one attached hydrogen (secondary N) is 1. The lowest BCUT2D eigenvalue weighted by Gasteiger charge is -2.11. The number of aryl methyl sites for hydroxylation is 2. The lowest BCUT2D eigenvalue weighted by atomic mass is 10.0. The monoisotopic (exact) mass is 415 g/mol. The minimum Gasteiger partial charge on any atom is -0.506 e. The van der Waals surface area contributed by atoms with Crippen molar-refractivity contribution < 1.29 is 19.1 Å². The van der Waals surface area contributed by atoms with Gasteiger partial charge in [-0.25, -0.2) is 0 Å². The zero-order valence-corrected chi connectivity index (χ0v) is 17.1. The third-order valence-electron chi connectivity index (χ3n) is 4.90. The first-order valence-corrected chi connectivity index (χ1v) is 9.77. The summed E-state index contributed by atoms with van der Waals surface area (Å²) in [6.07, 6.45) is 0. The van der Waals surface area contributed by atoms with Gasteiger partial charge in [0.2, 0.25) is 5.43 Å². The fraction of sp³-hybridized carbons (Fsp3) is 0.120. The maximum Gasteiger partial charge on any atom is 0.262 e. The van der Waals surface area contributed by atoms with Gasteiger partial charge in [0.25, 0.3) is 5.91 Å². The van der Waals surface area contributed by atoms with Crippen LogP contribution in [0.1, 0.15) is 11.3 Å². The predicted molar refractivity (Wildman–Crippen MR) is 120 cm³/mol. The summed E-state index contributed by atoms with van der Waals surface area (Å²) in [5.74, 6) is 0.467. The van der Waals surface area contributed by atoms with E-state index < -0.39 is 5.91 Å². The van der Waals surface area contributed by atoms with Gasteiger partial charge >= 0.3 is 0 Å². The number of rotatable bonds is 5. The summed E-state index contributed by atoms with van der Waals surface area (Å²) in [6, 6.07) is 19.2. The first-order valence-electron chi connectivity index (χ1n) is 9.77. The molecular weight excluding hydrogens is 394 g/mol. The smallest absolute Gasteiger partial charge is 0.262 e. The van der Waals surface area contributed by atoms with E-state index in [1.54, 1.807) is 37.3 Å². The molecule has 0 spiro atoms. The van der Waals surface area contributed by atoms with Crippen LogP contribution < -0.4 is 15.5 Å². The molecule has 0 aliphatic carbocycles. The molecule has 0 aliphatic heterocycles. The number of aromatic hydroxyl groups is 1. The molecule has 6 heteroatoms. The molecule has 2 N–H and O–H groups in total. The minimum atomic E-state index is -0.418. The Morgan fingerprint density at radius 3 is 2.58 bits per heavy atom. The van der Waals surface area contributed by atoms with Crippen molar-refractivity contribution in [2.24, 2.45) is 0 Å². The van der Waals surface area contributed by atoms with Gasteiger partial charge in [-0.05, 0) is 49.2 Å². The third-order valence-corrected chi connectivity index (χ3v) is 4.90. The average molecular weight is 415 g/mol. The number of amides is 1. The molecule has 1 heterocycles. The Morgan fingerprint density at radius 1 is 1.03 bits per heavy atom. The Hall–Kier alpha value is -4.06. The Labute approximate surface area is 178 Å². The zero-order valence-electron chi connectivity index (χ0n) is 17.1. The first kappa shape index (κ1) is 20.2. The van der Waals surface area contributed by atoms with Gasteiger partial charge in [-0.2, -0.15) is 0 Å². The molecule has 0 radical (unpaired) electrons. The number of carbonyl (C=O) groups excluding carboxylic acids is 1. The van der Waals surface area contributed by atoms with Gasteiger partial charge in [-0.1, -0.05) is 36.4 Å². The van der Waals surface area contributed by atoms with Crippen LogP contribution in [-0.2, 0) is 4.79 Å². The van der Waals surface area contributed by atoms with Crippen molar-refractivity contribution >= 4 is 22.6 Å². The van der Waals surface area contributed by atoms with E-state index in [0.717, 1.165) is 11.1 Å². The quantitative estimate of drug-likeness (QED) is 0.457. The normalized spacial score (nSPS) is 10.8. The number of phenols is 1. The maximum absolute atomic E-state index is 13.0. The van der Waals surface area contributed by atoms with Crippen LogP contribution in [0, 0.1) is 13.8 Å². The lowest BCUT2D eigenvalue weighted by molar-refractivity contribution is -0.118. The second kappa shape index (κ2) is 8.36. The van der Waals surface area contributed by atoms with Crippen molar-refractivity contribution in [1.29, 1.82) is 0 Å². The van der Waals surface area contributed by atoms with E-state index in [1.807, 2.05) is 37.3 Å². The van der Waals surface area contributed by atoms with Crippen molar-refractivity contribution in [3.63, 3.8) is 0 Å². The number of fused-ring (bicyclic) bond motifs is 1. The third kappa shape index (κ3) is 4.28. The summed E-state index contributed by atoms with van der Waals surface area (Å²) in [6.45, 7) is 3.35. The molecule has 0 bridgehead atoms. The van der Waals surface area contributed by atoms with E-state index in [4.69, 9.17) is 9.15 Å². The van der Waals surface area contributed by atoms with Crippen LogP contribution in [0.25, 0.3) is 22.1 Å². The molecular formula is C25H21NO5. The van der Waals surface area contributed by atoms with Crippen LogP contribution in [0.3, 0.4) is 0 Å². The Morgan fingerprint density at radius 2 is 1.81 bits per heavy atom. The highest BCUT2D eigenvalue weighted by molar-refractivity contribution is 5.93. The van der Waals surface area contributed by atoms with Crippen LogP contribution in [0.2, 0.25) is 0 Å². The number of benzene rings is 3. The average Bonchev–Trinajstić information content (AvgIpc) is 2.75. The molecule has 31 heavy (non-hydrogen) atoms. The highest BCUT2D eigenvalue weighted by atomic mass is 16.5. The molecule has 0 fully saturated rings. The highest BCUT2D eigenvalue weighted by Crippen LogP contribution is 2.27. The van der Waals surface area contributed by atoms with E-state index in [0.29, 0.717) is 33.7 Å². The number of ether oxygens (including phenoxy) is 1. The number of carbonyl (C=O) groups is 1. The van der Waals surface area contributed by atoms with Gasteiger partial charge in [0, 0.05) is 6.07 Å². The topological polar surface area (TPSA) is 88.8 Å². The predicted octanol–water partition coefficient (Wildman–Crippen LogP) is 4.80. The van der Waals surface area contributed by atoms with E-state index in [1.165, 1.54) is 6.07 Å². The van der Waals surface area contributed by atoms with Crippen LogP contribution in [0.5, 0.6) is 11.5 Å². The van der Waals surface area contributed by atoms with Gasteiger partial charge in [0.1, 0.15) is 22.8 Å². The molecule has 0 saturated carbocycles. The molecule has 156 valence electrons. The molecule has 1 amide bonds. The largest absolute Gasteiger partial charge is 0.506 e. The van der Waals surface area contributed by atoms with Crippen LogP contribution in [0.15, 0.2) is 75.9 Å². The second-order valence-electron chi connectivity index (χ2n) is 7.24. The van der Waals surface area contributed by atoms with Crippen molar-refractivity contribution in [2.45, 2.75) is 13.8 Å². The molecule has 6 nitrogen and oxygen atoms in total. The van der Waals surface area contributed by atoms with E-state index in [2.05, 4.69) is 5.32 Å². The molecule has 4 rings (SSSR count). The van der Waals surface area contributed by atoms with Crippen LogP contribution in [-0.4, -0.2) is 17.6 Å². The van der Waals surface area contributed by atoms with Gasteiger partial charge in [-0.15, -0.1) is 0 Å². The Bertz CT molecular complexity index is 1330. The summed E-state index contributed by atoms with van der Waals surface area (Å²) < 4.78 is 11.4. The number of anilines is 1. The Kier molecular flexibility index (Phi) is 5.45. The summed E-state index contributed by atoms with van der Waals surface area (Å²) >= 11 is 0. The lowest BCUT2D eigenvalue weighted by Crippen LogP contribution is -2.20. The van der Waals surface area contributed by atoms with Gasteiger partial charge in [-0.3, -0.25) is 9.59 Å². The first-order chi connectivity index (χ1) is 14.9.